The third-order valence-electron chi connectivity index (χ3n) is 10.4. The minimum atomic E-state index is -0.968. The second-order valence-electron chi connectivity index (χ2n) is 13.8. The summed E-state index contributed by atoms with van der Waals surface area (Å²) in [7, 11) is 3.83. The summed E-state index contributed by atoms with van der Waals surface area (Å²) in [6.07, 6.45) is 3.91. The summed E-state index contributed by atoms with van der Waals surface area (Å²) in [5.41, 5.74) is 4.95. The summed E-state index contributed by atoms with van der Waals surface area (Å²) >= 11 is 3.49. The maximum absolute atomic E-state index is 13.3. The van der Waals surface area contributed by atoms with Crippen molar-refractivity contribution in [3.63, 3.8) is 0 Å². The number of carbonyl (C=O) groups is 4. The summed E-state index contributed by atoms with van der Waals surface area (Å²) in [4.78, 5) is 70.8. The molecule has 4 amide bonds. The van der Waals surface area contributed by atoms with Gasteiger partial charge in [0.2, 0.25) is 11.8 Å². The molecule has 0 radical (unpaired) electrons. The Morgan fingerprint density at radius 3 is 2.37 bits per heavy atom. The monoisotopic (exact) mass is 729 g/mol. The number of amides is 4. The van der Waals surface area contributed by atoms with Crippen molar-refractivity contribution >= 4 is 45.2 Å². The van der Waals surface area contributed by atoms with Crippen LogP contribution >= 0.6 is 15.9 Å². The highest BCUT2D eigenvalue weighted by Crippen LogP contribution is 2.33. The molecular formula is C36H40BrN7O5. The topological polar surface area (TPSA) is 128 Å². The maximum Gasteiger partial charge on any atom is 0.281 e. The van der Waals surface area contributed by atoms with Crippen molar-refractivity contribution in [1.29, 1.82) is 0 Å². The van der Waals surface area contributed by atoms with Crippen LogP contribution in [0.2, 0.25) is 0 Å². The zero-order valence-electron chi connectivity index (χ0n) is 27.7. The number of halogens is 1. The van der Waals surface area contributed by atoms with Gasteiger partial charge in [0, 0.05) is 65.0 Å². The van der Waals surface area contributed by atoms with Crippen LogP contribution in [0.25, 0.3) is 0 Å². The fourth-order valence-corrected chi connectivity index (χ4v) is 8.32. The highest BCUT2D eigenvalue weighted by molar-refractivity contribution is 9.10. The molecule has 3 atom stereocenters. The van der Waals surface area contributed by atoms with Gasteiger partial charge in [0.15, 0.2) is 0 Å². The van der Waals surface area contributed by atoms with Gasteiger partial charge in [0.1, 0.15) is 6.04 Å². The van der Waals surface area contributed by atoms with E-state index in [-0.39, 0.29) is 24.3 Å². The first-order valence-corrected chi connectivity index (χ1v) is 17.7. The Hall–Kier alpha value is -4.20. The molecule has 0 saturated carbocycles. The van der Waals surface area contributed by atoms with Crippen LogP contribution in [-0.2, 0) is 29.6 Å². The zero-order valence-corrected chi connectivity index (χ0v) is 29.3. The maximum atomic E-state index is 13.3. The number of piperidine rings is 2. The second kappa shape index (κ2) is 13.6. The van der Waals surface area contributed by atoms with Gasteiger partial charge in [-0.1, -0.05) is 24.3 Å². The van der Waals surface area contributed by atoms with E-state index in [4.69, 9.17) is 0 Å². The van der Waals surface area contributed by atoms with Crippen molar-refractivity contribution in [3.05, 3.63) is 91.3 Å². The third kappa shape index (κ3) is 6.71. The van der Waals surface area contributed by atoms with Crippen LogP contribution in [0.1, 0.15) is 62.6 Å². The number of anilines is 1. The first-order valence-electron chi connectivity index (χ1n) is 16.9. The van der Waals surface area contributed by atoms with Gasteiger partial charge >= 0.3 is 0 Å². The second-order valence-corrected chi connectivity index (χ2v) is 14.6. The van der Waals surface area contributed by atoms with Gasteiger partial charge in [-0.3, -0.25) is 39.1 Å². The molecule has 2 unspecified atom stereocenters. The van der Waals surface area contributed by atoms with E-state index >= 15 is 0 Å². The van der Waals surface area contributed by atoms with E-state index in [1.807, 2.05) is 6.07 Å². The van der Waals surface area contributed by atoms with Crippen LogP contribution in [0.15, 0.2) is 57.9 Å². The fourth-order valence-electron chi connectivity index (χ4n) is 7.80. The van der Waals surface area contributed by atoms with E-state index in [9.17, 15) is 24.0 Å². The Kier molecular flexibility index (Phi) is 9.25. The lowest BCUT2D eigenvalue weighted by molar-refractivity contribution is -0.136. The van der Waals surface area contributed by atoms with E-state index in [1.54, 1.807) is 25.4 Å². The molecule has 4 aliphatic rings. The molecule has 3 fully saturated rings. The quantitative estimate of drug-likeness (QED) is 0.365. The number of likely N-dealkylation sites (N-methyl/N-ethyl adjacent to an activating group) is 1. The Bertz CT molecular complexity index is 1870. The SMILES string of the molecule is CN1CC(c2ccc(CN3CCN(c4ccc5c(c4)C(=O)N(C4CCC(=O)NC4=O)C5=O)CC3)cc2)C[C@@H](Cc2cnn(C)c(=O)c2Br)C1. The largest absolute Gasteiger partial charge is 0.369 e. The van der Waals surface area contributed by atoms with Crippen molar-refractivity contribution < 1.29 is 19.2 Å². The molecule has 0 aliphatic carbocycles. The number of hydrogen-bond acceptors (Lipinski definition) is 9. The molecule has 0 bridgehead atoms. The molecule has 0 spiro atoms. The predicted octanol–water partition coefficient (Wildman–Crippen LogP) is 2.54. The van der Waals surface area contributed by atoms with Crippen molar-refractivity contribution in [2.45, 2.75) is 44.2 Å². The minimum Gasteiger partial charge on any atom is -0.369 e. The standard InChI is InChI=1S/C36H40BrN7O5/c1-40-19-23(15-25-18-38-41(2)36(49)32(25)37)16-26(21-40)24-5-3-22(4-6-24)20-42-11-13-43(14-12-42)27-7-8-28-29(17-27)35(48)44(34(28)47)30-9-10-31(45)39-33(30)46/h3-8,17-18,23,26,30H,9-16,19-21H2,1-2H3,(H,39,45,46)/t23-,26?,30?/m1/s1. The summed E-state index contributed by atoms with van der Waals surface area (Å²) < 4.78 is 1.96. The van der Waals surface area contributed by atoms with Crippen LogP contribution in [0.3, 0.4) is 0 Å². The molecule has 4 aliphatic heterocycles. The molecule has 3 saturated heterocycles. The van der Waals surface area contributed by atoms with Gasteiger partial charge in [-0.25, -0.2) is 4.68 Å². The lowest BCUT2D eigenvalue weighted by Crippen LogP contribution is -2.54. The zero-order chi connectivity index (χ0) is 34.4. The van der Waals surface area contributed by atoms with E-state index in [0.29, 0.717) is 27.4 Å². The number of rotatable bonds is 7. The molecule has 12 nitrogen and oxygen atoms in total. The molecule has 256 valence electrons. The summed E-state index contributed by atoms with van der Waals surface area (Å²) in [6.45, 7) is 6.12. The average molecular weight is 731 g/mol. The highest BCUT2D eigenvalue weighted by Gasteiger charge is 2.44. The fraction of sp³-hybridized carbons (Fsp3) is 0.444. The van der Waals surface area contributed by atoms with Crippen LogP contribution in [0.5, 0.6) is 0 Å². The Morgan fingerprint density at radius 2 is 1.63 bits per heavy atom. The van der Waals surface area contributed by atoms with Gasteiger partial charge in [-0.2, -0.15) is 5.10 Å². The number of aryl methyl sites for hydroxylation is 1. The molecule has 13 heteroatoms. The number of piperazine rings is 1. The number of fused-ring (bicyclic) bond motifs is 1. The number of aromatic nitrogens is 2. The Balaban J connectivity index is 0.936. The lowest BCUT2D eigenvalue weighted by Gasteiger charge is -2.37. The lowest BCUT2D eigenvalue weighted by atomic mass is 9.82. The van der Waals surface area contributed by atoms with Crippen LogP contribution in [0.4, 0.5) is 5.69 Å². The normalized spacial score (nSPS) is 23.6. The summed E-state index contributed by atoms with van der Waals surface area (Å²) in [5, 5.41) is 6.47. The van der Waals surface area contributed by atoms with E-state index in [1.165, 1.54) is 15.8 Å². The van der Waals surface area contributed by atoms with Crippen LogP contribution in [-0.4, -0.2) is 100 Å². The third-order valence-corrected chi connectivity index (χ3v) is 11.2. The summed E-state index contributed by atoms with van der Waals surface area (Å²) in [6, 6.07) is 13.4. The van der Waals surface area contributed by atoms with Gasteiger partial charge < -0.3 is 9.80 Å². The molecule has 3 aromatic rings. The van der Waals surface area contributed by atoms with Crippen molar-refractivity contribution in [2.24, 2.45) is 13.0 Å². The summed E-state index contributed by atoms with van der Waals surface area (Å²) in [5.74, 6) is -1.11. The first-order chi connectivity index (χ1) is 23.5. The van der Waals surface area contributed by atoms with Crippen LogP contribution in [0, 0.1) is 5.92 Å². The van der Waals surface area contributed by atoms with E-state index in [2.05, 4.69) is 72.4 Å². The molecule has 2 aromatic carbocycles. The molecular weight excluding hydrogens is 690 g/mol. The molecule has 1 N–H and O–H groups in total. The van der Waals surface area contributed by atoms with E-state index in [0.717, 1.165) is 74.8 Å². The van der Waals surface area contributed by atoms with Gasteiger partial charge in [-0.05, 0) is 89.0 Å². The van der Waals surface area contributed by atoms with Crippen molar-refractivity contribution in [1.82, 2.24) is 29.8 Å². The van der Waals surface area contributed by atoms with Gasteiger partial charge in [0.25, 0.3) is 17.4 Å². The predicted molar refractivity (Wildman–Crippen MR) is 186 cm³/mol. The highest BCUT2D eigenvalue weighted by atomic mass is 79.9. The number of nitrogens with zero attached hydrogens (tertiary/aromatic N) is 6. The number of carbonyl (C=O) groups excluding carboxylic acids is 4. The number of likely N-dealkylation sites (tertiary alicyclic amines) is 1. The molecule has 49 heavy (non-hydrogen) atoms. The van der Waals surface area contributed by atoms with E-state index < -0.39 is 23.8 Å². The molecule has 1 aromatic heterocycles. The molecule has 7 rings (SSSR count). The Labute approximate surface area is 293 Å². The smallest absolute Gasteiger partial charge is 0.281 e. The Morgan fingerprint density at radius 1 is 0.898 bits per heavy atom. The van der Waals surface area contributed by atoms with Gasteiger partial charge in [-0.15, -0.1) is 0 Å². The van der Waals surface area contributed by atoms with Crippen molar-refractivity contribution in [3.8, 4) is 0 Å². The average Bonchev–Trinajstić information content (AvgIpc) is 3.34. The molecule has 5 heterocycles. The minimum absolute atomic E-state index is 0.0961. The number of imide groups is 2. The number of benzene rings is 2. The van der Waals surface area contributed by atoms with Gasteiger partial charge in [0.05, 0.1) is 21.8 Å². The number of hydrogen-bond donors (Lipinski definition) is 1. The van der Waals surface area contributed by atoms with Crippen molar-refractivity contribution in [2.75, 3.05) is 51.2 Å². The number of nitrogens with one attached hydrogen (secondary N) is 1. The first kappa shape index (κ1) is 33.3. The van der Waals surface area contributed by atoms with Crippen LogP contribution < -0.4 is 15.8 Å².